The first kappa shape index (κ1) is 14.8. The van der Waals surface area contributed by atoms with E-state index >= 15 is 0 Å². The Labute approximate surface area is 108 Å². The highest BCUT2D eigenvalue weighted by Gasteiger charge is 2.27. The van der Waals surface area contributed by atoms with Crippen LogP contribution in [0.4, 0.5) is 4.79 Å². The van der Waals surface area contributed by atoms with Crippen molar-refractivity contribution in [1.29, 1.82) is 0 Å². The van der Waals surface area contributed by atoms with Crippen molar-refractivity contribution >= 4 is 12.0 Å². The van der Waals surface area contributed by atoms with E-state index in [-0.39, 0.29) is 12.5 Å². The molecule has 0 atom stereocenters. The Hall–Kier alpha value is -1.26. The molecule has 0 saturated heterocycles. The van der Waals surface area contributed by atoms with Gasteiger partial charge < -0.3 is 15.8 Å². The van der Waals surface area contributed by atoms with Crippen molar-refractivity contribution in [2.75, 3.05) is 13.2 Å². The molecule has 0 bridgehead atoms. The van der Waals surface area contributed by atoms with Crippen molar-refractivity contribution in [2.45, 2.75) is 46.0 Å². The highest BCUT2D eigenvalue weighted by molar-refractivity contribution is 5.76. The van der Waals surface area contributed by atoms with Crippen molar-refractivity contribution < 1.29 is 14.3 Å². The lowest BCUT2D eigenvalue weighted by Crippen LogP contribution is -2.31. The maximum absolute atomic E-state index is 11.6. The lowest BCUT2D eigenvalue weighted by Gasteiger charge is -2.34. The van der Waals surface area contributed by atoms with Gasteiger partial charge in [0.2, 0.25) is 5.91 Å². The molecule has 0 heterocycles. The normalized spacial score (nSPS) is 19.2. The minimum absolute atomic E-state index is 0.0350. The third kappa shape index (κ3) is 5.89. The molecule has 5 nitrogen and oxygen atoms in total. The molecule has 0 aliphatic heterocycles. The number of nitrogens with one attached hydrogen (secondary N) is 1. The minimum atomic E-state index is -0.807. The van der Waals surface area contributed by atoms with E-state index in [0.29, 0.717) is 24.3 Å². The summed E-state index contributed by atoms with van der Waals surface area (Å²) in [5.74, 6) is 0.530. The Bertz CT molecular complexity index is 293. The molecule has 0 spiro atoms. The fourth-order valence-electron chi connectivity index (χ4n) is 2.34. The van der Waals surface area contributed by atoms with Crippen LogP contribution in [-0.2, 0) is 9.53 Å². The predicted molar refractivity (Wildman–Crippen MR) is 68.9 cm³/mol. The van der Waals surface area contributed by atoms with Gasteiger partial charge in [-0.2, -0.15) is 0 Å². The average molecular weight is 256 g/mol. The maximum Gasteiger partial charge on any atom is 0.404 e. The van der Waals surface area contributed by atoms with Gasteiger partial charge in [-0.25, -0.2) is 4.79 Å². The van der Waals surface area contributed by atoms with Gasteiger partial charge in [-0.3, -0.25) is 4.79 Å². The summed E-state index contributed by atoms with van der Waals surface area (Å²) in [6.45, 7) is 5.04. The van der Waals surface area contributed by atoms with Crippen LogP contribution in [-0.4, -0.2) is 25.2 Å². The molecule has 1 aliphatic carbocycles. The number of hydrogen-bond donors (Lipinski definition) is 2. The summed E-state index contributed by atoms with van der Waals surface area (Å²) in [4.78, 5) is 21.9. The number of rotatable bonds is 5. The Balaban J connectivity index is 2.11. The summed E-state index contributed by atoms with van der Waals surface area (Å²) >= 11 is 0. The molecule has 5 heteroatoms. The zero-order valence-electron chi connectivity index (χ0n) is 11.3. The van der Waals surface area contributed by atoms with Crippen LogP contribution in [0.5, 0.6) is 0 Å². The quantitative estimate of drug-likeness (QED) is 0.736. The summed E-state index contributed by atoms with van der Waals surface area (Å²) in [5, 5.41) is 2.73. The molecule has 0 aromatic rings. The Morgan fingerprint density at radius 2 is 1.94 bits per heavy atom. The van der Waals surface area contributed by atoms with Crippen LogP contribution < -0.4 is 11.1 Å². The number of nitrogens with two attached hydrogens (primary N) is 1. The number of carbonyl (C=O) groups excluding carboxylic acids is 2. The molecular formula is C13H24N2O3. The zero-order chi connectivity index (χ0) is 13.6. The van der Waals surface area contributed by atoms with Gasteiger partial charge in [0.1, 0.15) is 6.61 Å². The molecule has 3 N–H and O–H groups in total. The number of carbonyl (C=O) groups is 2. The van der Waals surface area contributed by atoms with Crippen LogP contribution in [0.15, 0.2) is 0 Å². The van der Waals surface area contributed by atoms with E-state index in [1.807, 2.05) is 0 Å². The van der Waals surface area contributed by atoms with Gasteiger partial charge in [0.05, 0.1) is 6.54 Å². The third-order valence-electron chi connectivity index (χ3n) is 3.60. The van der Waals surface area contributed by atoms with E-state index in [9.17, 15) is 9.59 Å². The molecule has 1 fully saturated rings. The third-order valence-corrected chi connectivity index (χ3v) is 3.60. The molecule has 1 aliphatic rings. The van der Waals surface area contributed by atoms with Crippen LogP contribution in [0.3, 0.4) is 0 Å². The van der Waals surface area contributed by atoms with Gasteiger partial charge in [0, 0.05) is 6.42 Å². The number of hydrogen-bond acceptors (Lipinski definition) is 3. The van der Waals surface area contributed by atoms with Crippen molar-refractivity contribution in [3.05, 3.63) is 0 Å². The van der Waals surface area contributed by atoms with E-state index in [0.717, 1.165) is 12.8 Å². The second-order valence-electron chi connectivity index (χ2n) is 5.83. The fraction of sp³-hybridized carbons (Fsp3) is 0.846. The van der Waals surface area contributed by atoms with Gasteiger partial charge in [-0.15, -0.1) is 0 Å². The molecule has 0 aromatic heterocycles. The fourth-order valence-corrected chi connectivity index (χ4v) is 2.34. The standard InChI is InChI=1S/C13H24N2O3/c1-13(2)5-3-10(4-6-13)9-11(16)15-7-8-18-12(14)17/h10H,3-9H2,1-2H3,(H2,14,17)(H,15,16). The lowest BCUT2D eigenvalue weighted by atomic mass is 9.72. The molecule has 1 rings (SSSR count). The summed E-state index contributed by atoms with van der Waals surface area (Å²) in [5.41, 5.74) is 5.24. The first-order chi connectivity index (χ1) is 8.39. The second-order valence-corrected chi connectivity index (χ2v) is 5.83. The van der Waals surface area contributed by atoms with E-state index in [1.165, 1.54) is 12.8 Å². The highest BCUT2D eigenvalue weighted by atomic mass is 16.5. The van der Waals surface area contributed by atoms with E-state index in [4.69, 9.17) is 5.73 Å². The first-order valence-corrected chi connectivity index (χ1v) is 6.58. The Morgan fingerprint density at radius 3 is 2.50 bits per heavy atom. The molecule has 2 amide bonds. The first-order valence-electron chi connectivity index (χ1n) is 6.58. The Morgan fingerprint density at radius 1 is 1.33 bits per heavy atom. The van der Waals surface area contributed by atoms with Crippen LogP contribution >= 0.6 is 0 Å². The van der Waals surface area contributed by atoms with Crippen molar-refractivity contribution in [2.24, 2.45) is 17.1 Å². The van der Waals surface area contributed by atoms with E-state index in [1.54, 1.807) is 0 Å². The van der Waals surface area contributed by atoms with Gasteiger partial charge in [0.15, 0.2) is 0 Å². The molecular weight excluding hydrogens is 232 g/mol. The molecule has 0 aromatic carbocycles. The van der Waals surface area contributed by atoms with Crippen LogP contribution in [0, 0.1) is 11.3 Å². The smallest absolute Gasteiger partial charge is 0.404 e. The topological polar surface area (TPSA) is 81.4 Å². The summed E-state index contributed by atoms with van der Waals surface area (Å²) < 4.78 is 4.53. The number of amides is 2. The van der Waals surface area contributed by atoms with Crippen LogP contribution in [0.2, 0.25) is 0 Å². The largest absolute Gasteiger partial charge is 0.448 e. The highest BCUT2D eigenvalue weighted by Crippen LogP contribution is 2.38. The number of ether oxygens (including phenoxy) is 1. The van der Waals surface area contributed by atoms with Crippen molar-refractivity contribution in [3.63, 3.8) is 0 Å². The Kier molecular flexibility index (Phi) is 5.44. The van der Waals surface area contributed by atoms with Crippen molar-refractivity contribution in [3.8, 4) is 0 Å². The zero-order valence-corrected chi connectivity index (χ0v) is 11.3. The van der Waals surface area contributed by atoms with Gasteiger partial charge >= 0.3 is 6.09 Å². The molecule has 0 radical (unpaired) electrons. The summed E-state index contributed by atoms with van der Waals surface area (Å²) in [6.07, 6.45) is 4.40. The SMILES string of the molecule is CC1(C)CCC(CC(=O)NCCOC(N)=O)CC1. The molecule has 104 valence electrons. The molecule has 1 saturated carbocycles. The summed E-state index contributed by atoms with van der Waals surface area (Å²) in [6, 6.07) is 0. The van der Waals surface area contributed by atoms with Gasteiger partial charge in [0.25, 0.3) is 0 Å². The average Bonchev–Trinajstić information content (AvgIpc) is 2.27. The maximum atomic E-state index is 11.6. The van der Waals surface area contributed by atoms with Gasteiger partial charge in [-0.05, 0) is 37.0 Å². The monoisotopic (exact) mass is 256 g/mol. The minimum Gasteiger partial charge on any atom is -0.448 e. The van der Waals surface area contributed by atoms with Crippen molar-refractivity contribution in [1.82, 2.24) is 5.32 Å². The molecule has 0 unspecified atom stereocenters. The van der Waals surface area contributed by atoms with Gasteiger partial charge in [-0.1, -0.05) is 13.8 Å². The summed E-state index contributed by atoms with van der Waals surface area (Å²) in [7, 11) is 0. The van der Waals surface area contributed by atoms with E-state index < -0.39 is 6.09 Å². The van der Waals surface area contributed by atoms with E-state index in [2.05, 4.69) is 23.9 Å². The molecule has 18 heavy (non-hydrogen) atoms. The lowest BCUT2D eigenvalue weighted by molar-refractivity contribution is -0.122. The second kappa shape index (κ2) is 6.61. The van der Waals surface area contributed by atoms with Crippen LogP contribution in [0.1, 0.15) is 46.0 Å². The number of primary amides is 1. The van der Waals surface area contributed by atoms with Crippen LogP contribution in [0.25, 0.3) is 0 Å². The predicted octanol–water partition coefficient (Wildman–Crippen LogP) is 1.80.